The zero-order valence-corrected chi connectivity index (χ0v) is 16.4. The second-order valence-electron chi connectivity index (χ2n) is 6.98. The first-order valence-electron chi connectivity index (χ1n) is 9.81. The Balaban J connectivity index is 1.47. The van der Waals surface area contributed by atoms with E-state index in [1.807, 2.05) is 6.07 Å². The predicted molar refractivity (Wildman–Crippen MR) is 106 cm³/mol. The van der Waals surface area contributed by atoms with Crippen LogP contribution >= 0.6 is 0 Å². The average molecular weight is 399 g/mol. The van der Waals surface area contributed by atoms with Gasteiger partial charge < -0.3 is 14.5 Å². The Hall–Kier alpha value is -3.16. The highest BCUT2D eigenvalue weighted by Crippen LogP contribution is 2.19. The lowest BCUT2D eigenvalue weighted by molar-refractivity contribution is -0.155. The number of hydrogen-bond donors (Lipinski definition) is 1. The molecule has 0 radical (unpaired) electrons. The van der Waals surface area contributed by atoms with E-state index in [1.165, 1.54) is 25.3 Å². The molecule has 154 valence electrons. The summed E-state index contributed by atoms with van der Waals surface area (Å²) in [6, 6.07) is 8.88. The monoisotopic (exact) mass is 399 g/mol. The molecule has 0 aliphatic heterocycles. The van der Waals surface area contributed by atoms with Gasteiger partial charge in [0.1, 0.15) is 6.54 Å². The Kier molecular flexibility index (Phi) is 6.99. The maximum atomic E-state index is 12.1. The van der Waals surface area contributed by atoms with Gasteiger partial charge in [-0.3, -0.25) is 9.59 Å². The van der Waals surface area contributed by atoms with Gasteiger partial charge in [-0.25, -0.2) is 4.79 Å². The predicted octanol–water partition coefficient (Wildman–Crippen LogP) is 2.44. The van der Waals surface area contributed by atoms with Crippen LogP contribution in [0.4, 0.5) is 0 Å². The van der Waals surface area contributed by atoms with Gasteiger partial charge in [0.15, 0.2) is 6.10 Å². The summed E-state index contributed by atoms with van der Waals surface area (Å²) in [5, 5.41) is 6.78. The van der Waals surface area contributed by atoms with E-state index in [-0.39, 0.29) is 11.8 Å². The smallest absolute Gasteiger partial charge is 0.437 e. The number of ether oxygens (including phenoxy) is 1. The van der Waals surface area contributed by atoms with Gasteiger partial charge in [-0.1, -0.05) is 29.8 Å². The molecule has 1 N–H and O–H groups in total. The van der Waals surface area contributed by atoms with Gasteiger partial charge in [0.2, 0.25) is 5.89 Å². The summed E-state index contributed by atoms with van der Waals surface area (Å²) < 4.78 is 11.1. The first-order valence-corrected chi connectivity index (χ1v) is 9.81. The standard InChI is InChI=1S/C21H25N3O5/c1-15(19(26)22-13-12-16-8-4-2-5-9-16)28-18(25)14-24-21(27)29-20(23-24)17-10-6-3-7-11-17/h3,6-8,10-11,15H,2,4-5,9,12-14H2,1H3,(H,22,26)/t15-/m1/s1. The van der Waals surface area contributed by atoms with Crippen LogP contribution in [-0.2, 0) is 20.9 Å². The minimum Gasteiger partial charge on any atom is -0.451 e. The number of esters is 1. The van der Waals surface area contributed by atoms with E-state index in [2.05, 4.69) is 16.5 Å². The van der Waals surface area contributed by atoms with E-state index >= 15 is 0 Å². The Labute approximate surface area is 168 Å². The normalized spacial score (nSPS) is 14.7. The van der Waals surface area contributed by atoms with Crippen LogP contribution in [0.5, 0.6) is 0 Å². The summed E-state index contributed by atoms with van der Waals surface area (Å²) in [6.07, 6.45) is 6.69. The van der Waals surface area contributed by atoms with E-state index < -0.39 is 24.4 Å². The molecular weight excluding hydrogens is 374 g/mol. The fourth-order valence-electron chi connectivity index (χ4n) is 3.14. The highest BCUT2D eigenvalue weighted by Gasteiger charge is 2.20. The largest absolute Gasteiger partial charge is 0.451 e. The van der Waals surface area contributed by atoms with Gasteiger partial charge in [0, 0.05) is 12.1 Å². The van der Waals surface area contributed by atoms with Crippen molar-refractivity contribution in [2.75, 3.05) is 6.54 Å². The number of rotatable bonds is 8. The molecule has 1 aliphatic carbocycles. The van der Waals surface area contributed by atoms with Crippen LogP contribution in [-0.4, -0.2) is 34.3 Å². The lowest BCUT2D eigenvalue weighted by Gasteiger charge is -2.15. The van der Waals surface area contributed by atoms with Crippen molar-refractivity contribution < 1.29 is 18.7 Å². The molecule has 1 atom stereocenters. The molecule has 1 aliphatic rings. The van der Waals surface area contributed by atoms with Gasteiger partial charge in [-0.2, -0.15) is 4.68 Å². The van der Waals surface area contributed by atoms with E-state index in [0.29, 0.717) is 12.1 Å². The van der Waals surface area contributed by atoms with E-state index in [1.54, 1.807) is 24.3 Å². The molecule has 0 bridgehead atoms. The Morgan fingerprint density at radius 1 is 1.28 bits per heavy atom. The molecule has 3 rings (SSSR count). The summed E-state index contributed by atoms with van der Waals surface area (Å²) in [6.45, 7) is 1.57. The number of nitrogens with one attached hydrogen (secondary N) is 1. The number of hydrogen-bond acceptors (Lipinski definition) is 6. The molecule has 1 amide bonds. The number of aromatic nitrogens is 2. The van der Waals surface area contributed by atoms with Crippen LogP contribution in [0.15, 0.2) is 51.2 Å². The third kappa shape index (κ3) is 5.91. The highest BCUT2D eigenvalue weighted by molar-refractivity contribution is 5.83. The maximum absolute atomic E-state index is 12.1. The van der Waals surface area contributed by atoms with E-state index in [4.69, 9.17) is 9.15 Å². The summed E-state index contributed by atoms with van der Waals surface area (Å²) in [5.41, 5.74) is 1.98. The van der Waals surface area contributed by atoms with Gasteiger partial charge in [-0.05, 0) is 51.2 Å². The SMILES string of the molecule is C[C@@H](OC(=O)Cn1nc(-c2ccccc2)oc1=O)C(=O)NCCC1=CCCCC1. The molecule has 0 unspecified atom stereocenters. The average Bonchev–Trinajstić information content (AvgIpc) is 3.09. The lowest BCUT2D eigenvalue weighted by Crippen LogP contribution is -2.37. The zero-order valence-electron chi connectivity index (χ0n) is 16.4. The van der Waals surface area contributed by atoms with Gasteiger partial charge >= 0.3 is 11.7 Å². The summed E-state index contributed by atoms with van der Waals surface area (Å²) in [4.78, 5) is 36.1. The molecule has 0 saturated heterocycles. The van der Waals surface area contributed by atoms with Crippen molar-refractivity contribution in [2.24, 2.45) is 0 Å². The molecule has 29 heavy (non-hydrogen) atoms. The summed E-state index contributed by atoms with van der Waals surface area (Å²) in [7, 11) is 0. The van der Waals surface area contributed by atoms with Crippen LogP contribution in [0.1, 0.15) is 39.0 Å². The van der Waals surface area contributed by atoms with E-state index in [0.717, 1.165) is 23.9 Å². The summed E-state index contributed by atoms with van der Waals surface area (Å²) in [5.74, 6) is -1.75. The first kappa shape index (κ1) is 20.6. The third-order valence-corrected chi connectivity index (χ3v) is 4.71. The van der Waals surface area contributed by atoms with Crippen LogP contribution in [0.25, 0.3) is 11.5 Å². The molecule has 2 aromatic rings. The molecule has 1 aromatic carbocycles. The Morgan fingerprint density at radius 3 is 2.79 bits per heavy atom. The van der Waals surface area contributed by atoms with Crippen molar-refractivity contribution in [3.05, 3.63) is 52.5 Å². The van der Waals surface area contributed by atoms with Crippen LogP contribution in [0, 0.1) is 0 Å². The number of allylic oxidation sites excluding steroid dienone is 1. The van der Waals surface area contributed by atoms with Crippen molar-refractivity contribution in [2.45, 2.75) is 51.7 Å². The second-order valence-corrected chi connectivity index (χ2v) is 6.98. The Morgan fingerprint density at radius 2 is 2.07 bits per heavy atom. The highest BCUT2D eigenvalue weighted by atomic mass is 16.5. The van der Waals surface area contributed by atoms with Crippen molar-refractivity contribution >= 4 is 11.9 Å². The van der Waals surface area contributed by atoms with Crippen molar-refractivity contribution in [3.63, 3.8) is 0 Å². The lowest BCUT2D eigenvalue weighted by atomic mass is 9.97. The Bertz CT molecular complexity index is 929. The van der Waals surface area contributed by atoms with Crippen molar-refractivity contribution in [3.8, 4) is 11.5 Å². The molecule has 0 fully saturated rings. The zero-order chi connectivity index (χ0) is 20.6. The van der Waals surface area contributed by atoms with Crippen molar-refractivity contribution in [1.29, 1.82) is 0 Å². The summed E-state index contributed by atoms with van der Waals surface area (Å²) >= 11 is 0. The quantitative estimate of drug-likeness (QED) is 0.540. The molecular formula is C21H25N3O5. The second kappa shape index (κ2) is 9.86. The molecule has 0 saturated carbocycles. The van der Waals surface area contributed by atoms with Crippen molar-refractivity contribution in [1.82, 2.24) is 15.1 Å². The topological polar surface area (TPSA) is 103 Å². The number of nitrogens with zero attached hydrogens (tertiary/aromatic N) is 2. The van der Waals surface area contributed by atoms with Gasteiger partial charge in [-0.15, -0.1) is 5.10 Å². The molecule has 0 spiro atoms. The molecule has 8 nitrogen and oxygen atoms in total. The first-order chi connectivity index (χ1) is 14.0. The number of benzene rings is 1. The maximum Gasteiger partial charge on any atom is 0.437 e. The van der Waals surface area contributed by atoms with Gasteiger partial charge in [0.05, 0.1) is 0 Å². The number of carbonyl (C=O) groups is 2. The molecule has 1 aromatic heterocycles. The van der Waals surface area contributed by atoms with Crippen LogP contribution < -0.4 is 11.1 Å². The number of amides is 1. The van der Waals surface area contributed by atoms with Crippen LogP contribution in [0.3, 0.4) is 0 Å². The third-order valence-electron chi connectivity index (χ3n) is 4.71. The fraction of sp³-hybridized carbons (Fsp3) is 0.429. The van der Waals surface area contributed by atoms with Gasteiger partial charge in [0.25, 0.3) is 5.91 Å². The molecule has 8 heteroatoms. The minimum atomic E-state index is -0.959. The van der Waals surface area contributed by atoms with Crippen LogP contribution in [0.2, 0.25) is 0 Å². The molecule has 1 heterocycles. The number of carbonyl (C=O) groups excluding carboxylic acids is 2. The van der Waals surface area contributed by atoms with E-state index in [9.17, 15) is 14.4 Å². The minimum absolute atomic E-state index is 0.117. The fourth-order valence-corrected chi connectivity index (χ4v) is 3.14.